The van der Waals surface area contributed by atoms with E-state index in [0.717, 1.165) is 22.8 Å². The van der Waals surface area contributed by atoms with Crippen molar-refractivity contribution in [2.24, 2.45) is 0 Å². The fraction of sp³-hybridized carbons (Fsp3) is 0.167. The number of nitrogens with one attached hydrogen (secondary N) is 1. The summed E-state index contributed by atoms with van der Waals surface area (Å²) in [6.07, 6.45) is 5.49. The summed E-state index contributed by atoms with van der Waals surface area (Å²) in [5.41, 5.74) is 3.36. The summed E-state index contributed by atoms with van der Waals surface area (Å²) in [6.45, 7) is 2.36. The third-order valence-electron chi connectivity index (χ3n) is 5.59. The molecule has 0 saturated carbocycles. The van der Waals surface area contributed by atoms with E-state index in [1.54, 1.807) is 25.5 Å². The van der Waals surface area contributed by atoms with E-state index in [1.165, 1.54) is 6.07 Å². The van der Waals surface area contributed by atoms with Crippen molar-refractivity contribution in [1.29, 1.82) is 0 Å². The molecule has 0 spiro atoms. The first-order chi connectivity index (χ1) is 15.1. The van der Waals surface area contributed by atoms with Crippen molar-refractivity contribution in [2.45, 2.75) is 25.6 Å². The maximum absolute atomic E-state index is 14.0. The Bertz CT molecular complexity index is 1210. The topological polar surface area (TPSA) is 46.2 Å². The number of hydrogen-bond acceptors (Lipinski definition) is 3. The minimum atomic E-state index is -0.235. The number of hydrogen-bond donors (Lipinski definition) is 1. The van der Waals surface area contributed by atoms with E-state index in [1.807, 2.05) is 48.7 Å². The zero-order chi connectivity index (χ0) is 21.4. The van der Waals surface area contributed by atoms with Crippen LogP contribution in [0.4, 0.5) is 10.1 Å². The lowest BCUT2D eigenvalue weighted by Gasteiger charge is -2.29. The lowest BCUT2D eigenvalue weighted by Crippen LogP contribution is -2.30. The van der Waals surface area contributed by atoms with Crippen LogP contribution in [-0.2, 0) is 6.54 Å². The molecule has 0 radical (unpaired) electrons. The van der Waals surface area contributed by atoms with Gasteiger partial charge in [0, 0.05) is 23.8 Å². The van der Waals surface area contributed by atoms with Crippen molar-refractivity contribution in [3.8, 4) is 0 Å². The van der Waals surface area contributed by atoms with Gasteiger partial charge in [0.05, 0.1) is 24.5 Å². The molecule has 5 rings (SSSR count). The highest BCUT2D eigenvalue weighted by atomic mass is 32.1. The van der Waals surface area contributed by atoms with Crippen molar-refractivity contribution in [1.82, 2.24) is 14.9 Å². The Balaban J connectivity index is 1.62. The summed E-state index contributed by atoms with van der Waals surface area (Å²) in [5.74, 6) is 0.630. The molecule has 0 amide bonds. The summed E-state index contributed by atoms with van der Waals surface area (Å²) < 4.78 is 21.7. The second kappa shape index (κ2) is 8.00. The van der Waals surface area contributed by atoms with E-state index in [2.05, 4.69) is 25.8 Å². The van der Waals surface area contributed by atoms with Crippen LogP contribution in [-0.4, -0.2) is 14.7 Å². The smallest absolute Gasteiger partial charge is 0.174 e. The first-order valence-corrected chi connectivity index (χ1v) is 10.5. The molecule has 31 heavy (non-hydrogen) atoms. The summed E-state index contributed by atoms with van der Waals surface area (Å²) in [5, 5.41) is 4.02. The van der Waals surface area contributed by atoms with Crippen molar-refractivity contribution >= 4 is 23.0 Å². The minimum absolute atomic E-state index is 0.163. The van der Waals surface area contributed by atoms with E-state index in [9.17, 15) is 4.39 Å². The number of pyridine rings is 1. The summed E-state index contributed by atoms with van der Waals surface area (Å²) in [4.78, 5) is 6.63. The minimum Gasteiger partial charge on any atom is -0.467 e. The number of halogens is 1. The SMILES string of the molecule is Cc1cc(N2C(=S)N[C@@H](c3ccccn3)[C@@H]2c2cccn2Cc2ccco2)ccc1F. The summed E-state index contributed by atoms with van der Waals surface area (Å²) in [6, 6.07) is 18.6. The molecule has 4 aromatic rings. The molecule has 1 N–H and O–H groups in total. The number of aryl methyl sites for hydroxylation is 1. The van der Waals surface area contributed by atoms with Gasteiger partial charge in [-0.15, -0.1) is 0 Å². The van der Waals surface area contributed by atoms with Crippen LogP contribution in [0.1, 0.15) is 34.8 Å². The highest BCUT2D eigenvalue weighted by molar-refractivity contribution is 7.80. The molecule has 1 fully saturated rings. The van der Waals surface area contributed by atoms with Gasteiger partial charge in [0.15, 0.2) is 5.11 Å². The van der Waals surface area contributed by atoms with Gasteiger partial charge in [-0.2, -0.15) is 0 Å². The van der Waals surface area contributed by atoms with Crippen LogP contribution in [0.5, 0.6) is 0 Å². The Morgan fingerprint density at radius 3 is 2.77 bits per heavy atom. The predicted molar refractivity (Wildman–Crippen MR) is 121 cm³/mol. The van der Waals surface area contributed by atoms with Gasteiger partial charge in [0.25, 0.3) is 0 Å². The maximum atomic E-state index is 14.0. The lowest BCUT2D eigenvalue weighted by atomic mass is 10.0. The molecule has 5 nitrogen and oxygen atoms in total. The zero-order valence-corrected chi connectivity index (χ0v) is 17.7. The Labute approximate surface area is 185 Å². The standard InChI is InChI=1S/C24H21FN4OS/c1-16-14-17(9-10-19(16)25)29-23(22(27-24(29)31)20-7-2-3-11-26-20)21-8-4-12-28(21)15-18-6-5-13-30-18/h2-14,22-23H,15H2,1H3,(H,27,31)/t22-,23-/m0/s1. The molecule has 3 aromatic heterocycles. The van der Waals surface area contributed by atoms with Crippen molar-refractivity contribution in [2.75, 3.05) is 4.90 Å². The normalized spacial score (nSPS) is 18.4. The Hall–Kier alpha value is -3.45. The van der Waals surface area contributed by atoms with Gasteiger partial charge in [-0.05, 0) is 79.3 Å². The number of benzene rings is 1. The third-order valence-corrected chi connectivity index (χ3v) is 5.91. The lowest BCUT2D eigenvalue weighted by molar-refractivity contribution is 0.475. The number of anilines is 1. The average molecular weight is 433 g/mol. The number of rotatable bonds is 5. The van der Waals surface area contributed by atoms with Crippen molar-refractivity contribution in [3.63, 3.8) is 0 Å². The first kappa shape index (κ1) is 19.5. The maximum Gasteiger partial charge on any atom is 0.174 e. The van der Waals surface area contributed by atoms with Crippen LogP contribution in [0.2, 0.25) is 0 Å². The molecule has 1 aromatic carbocycles. The molecule has 0 bridgehead atoms. The van der Waals surface area contributed by atoms with Crippen LogP contribution in [0.3, 0.4) is 0 Å². The second-order valence-corrected chi connectivity index (χ2v) is 7.96. The van der Waals surface area contributed by atoms with E-state index in [-0.39, 0.29) is 17.9 Å². The first-order valence-electron chi connectivity index (χ1n) is 10.1. The third kappa shape index (κ3) is 3.61. The molecule has 1 aliphatic heterocycles. The predicted octanol–water partition coefficient (Wildman–Crippen LogP) is 5.15. The number of aromatic nitrogens is 2. The highest BCUT2D eigenvalue weighted by Crippen LogP contribution is 2.42. The molecule has 2 atom stereocenters. The van der Waals surface area contributed by atoms with Gasteiger partial charge < -0.3 is 19.2 Å². The molecule has 0 aliphatic carbocycles. The highest BCUT2D eigenvalue weighted by Gasteiger charge is 2.42. The number of furan rings is 1. The van der Waals surface area contributed by atoms with Crippen LogP contribution in [0, 0.1) is 12.7 Å². The quantitative estimate of drug-likeness (QED) is 0.442. The van der Waals surface area contributed by atoms with Crippen molar-refractivity contribution < 1.29 is 8.81 Å². The Kier molecular flexibility index (Phi) is 5.03. The molecular weight excluding hydrogens is 411 g/mol. The van der Waals surface area contributed by atoms with Crippen molar-refractivity contribution in [3.05, 3.63) is 108 Å². The summed E-state index contributed by atoms with van der Waals surface area (Å²) >= 11 is 5.75. The molecule has 1 saturated heterocycles. The van der Waals surface area contributed by atoms with Gasteiger partial charge in [0.1, 0.15) is 17.6 Å². The molecule has 7 heteroatoms. The second-order valence-electron chi connectivity index (χ2n) is 7.57. The Morgan fingerprint density at radius 2 is 2.03 bits per heavy atom. The fourth-order valence-corrected chi connectivity index (χ4v) is 4.47. The fourth-order valence-electron chi connectivity index (χ4n) is 4.12. The molecular formula is C24H21FN4OS. The number of nitrogens with zero attached hydrogens (tertiary/aromatic N) is 3. The molecule has 1 aliphatic rings. The molecule has 0 unspecified atom stereocenters. The van der Waals surface area contributed by atoms with Crippen LogP contribution in [0.15, 0.2) is 83.7 Å². The summed E-state index contributed by atoms with van der Waals surface area (Å²) in [7, 11) is 0. The van der Waals surface area contributed by atoms with Gasteiger partial charge in [-0.1, -0.05) is 6.07 Å². The van der Waals surface area contributed by atoms with Gasteiger partial charge in [-0.3, -0.25) is 4.98 Å². The van der Waals surface area contributed by atoms with Gasteiger partial charge in [-0.25, -0.2) is 4.39 Å². The molecule has 156 valence electrons. The number of thiocarbonyl (C=S) groups is 1. The van der Waals surface area contributed by atoms with Crippen LogP contribution >= 0.6 is 12.2 Å². The van der Waals surface area contributed by atoms with E-state index in [4.69, 9.17) is 16.6 Å². The Morgan fingerprint density at radius 1 is 1.13 bits per heavy atom. The zero-order valence-electron chi connectivity index (χ0n) is 16.9. The monoisotopic (exact) mass is 432 g/mol. The van der Waals surface area contributed by atoms with Crippen LogP contribution in [0.25, 0.3) is 0 Å². The van der Waals surface area contributed by atoms with E-state index < -0.39 is 0 Å². The van der Waals surface area contributed by atoms with E-state index >= 15 is 0 Å². The van der Waals surface area contributed by atoms with Gasteiger partial charge in [0.2, 0.25) is 0 Å². The van der Waals surface area contributed by atoms with Crippen LogP contribution < -0.4 is 10.2 Å². The van der Waals surface area contributed by atoms with E-state index in [0.29, 0.717) is 17.2 Å². The largest absolute Gasteiger partial charge is 0.467 e. The van der Waals surface area contributed by atoms with Gasteiger partial charge >= 0.3 is 0 Å². The molecule has 4 heterocycles. The average Bonchev–Trinajstić information content (AvgIpc) is 3.52.